The zero-order valence-electron chi connectivity index (χ0n) is 12.4. The topological polar surface area (TPSA) is 62.5 Å². The van der Waals surface area contributed by atoms with Crippen LogP contribution < -0.4 is 5.32 Å². The molecule has 1 N–H and O–H groups in total. The molecule has 1 aromatic carbocycles. The van der Waals surface area contributed by atoms with Gasteiger partial charge in [-0.2, -0.15) is 0 Å². The molecule has 0 spiro atoms. The summed E-state index contributed by atoms with van der Waals surface area (Å²) < 4.78 is 15.8. The van der Waals surface area contributed by atoms with Crippen LogP contribution in [0.15, 0.2) is 36.8 Å². The molecule has 0 fully saturated rings. The molecular formula is C15H13ClFN5O. The number of hydrogen-bond acceptors (Lipinski definition) is 3. The van der Waals surface area contributed by atoms with E-state index in [0.29, 0.717) is 22.2 Å². The van der Waals surface area contributed by atoms with Gasteiger partial charge in [-0.15, -0.1) is 0 Å². The molecule has 0 atom stereocenters. The Bertz CT molecular complexity index is 893. The minimum atomic E-state index is -0.442. The van der Waals surface area contributed by atoms with Crippen molar-refractivity contribution < 1.29 is 9.18 Å². The smallest absolute Gasteiger partial charge is 0.321 e. The summed E-state index contributed by atoms with van der Waals surface area (Å²) in [4.78, 5) is 21.4. The Hall–Kier alpha value is -2.67. The van der Waals surface area contributed by atoms with Crippen molar-refractivity contribution in [3.8, 4) is 11.3 Å². The summed E-state index contributed by atoms with van der Waals surface area (Å²) in [6.07, 6.45) is 4.73. The number of fused-ring (bicyclic) bond motifs is 1. The summed E-state index contributed by atoms with van der Waals surface area (Å²) in [5.41, 5.74) is 1.14. The molecule has 0 unspecified atom stereocenters. The average Bonchev–Trinajstić information content (AvgIpc) is 2.91. The van der Waals surface area contributed by atoms with E-state index >= 15 is 0 Å². The molecule has 0 aliphatic carbocycles. The van der Waals surface area contributed by atoms with E-state index < -0.39 is 5.82 Å². The van der Waals surface area contributed by atoms with Gasteiger partial charge in [0.05, 0.1) is 16.9 Å². The van der Waals surface area contributed by atoms with Crippen LogP contribution in [-0.4, -0.2) is 39.4 Å². The third kappa shape index (κ3) is 3.09. The van der Waals surface area contributed by atoms with Crippen LogP contribution in [0.5, 0.6) is 0 Å². The summed E-state index contributed by atoms with van der Waals surface area (Å²) in [7, 11) is 3.24. The molecule has 23 heavy (non-hydrogen) atoms. The van der Waals surface area contributed by atoms with E-state index in [1.54, 1.807) is 30.9 Å². The van der Waals surface area contributed by atoms with Gasteiger partial charge in [-0.1, -0.05) is 11.6 Å². The first-order chi connectivity index (χ1) is 10.9. The normalized spacial score (nSPS) is 10.8. The number of rotatable bonds is 2. The molecule has 0 bridgehead atoms. The van der Waals surface area contributed by atoms with Crippen molar-refractivity contribution in [1.29, 1.82) is 0 Å². The van der Waals surface area contributed by atoms with Gasteiger partial charge in [0, 0.05) is 37.7 Å². The second-order valence-electron chi connectivity index (χ2n) is 5.12. The van der Waals surface area contributed by atoms with Gasteiger partial charge >= 0.3 is 6.03 Å². The van der Waals surface area contributed by atoms with Gasteiger partial charge in [0.2, 0.25) is 5.78 Å². The van der Waals surface area contributed by atoms with Crippen LogP contribution in [0.4, 0.5) is 14.9 Å². The molecule has 2 aromatic heterocycles. The lowest BCUT2D eigenvalue weighted by Crippen LogP contribution is -2.27. The van der Waals surface area contributed by atoms with Gasteiger partial charge < -0.3 is 10.2 Å². The van der Waals surface area contributed by atoms with Crippen molar-refractivity contribution in [1.82, 2.24) is 19.3 Å². The number of benzene rings is 1. The SMILES string of the molecule is CN(C)C(=O)Nc1ccc(F)c(-c2cn3cc(Cl)cnc3n2)c1. The number of aromatic nitrogens is 3. The summed E-state index contributed by atoms with van der Waals surface area (Å²) in [5, 5.41) is 3.12. The zero-order valence-corrected chi connectivity index (χ0v) is 13.2. The van der Waals surface area contributed by atoms with Crippen molar-refractivity contribution >= 4 is 29.1 Å². The largest absolute Gasteiger partial charge is 0.331 e. The van der Waals surface area contributed by atoms with E-state index in [0.717, 1.165) is 0 Å². The van der Waals surface area contributed by atoms with E-state index in [1.807, 2.05) is 0 Å². The number of hydrogen-bond donors (Lipinski definition) is 1. The van der Waals surface area contributed by atoms with Crippen LogP contribution in [0.1, 0.15) is 0 Å². The Morgan fingerprint density at radius 3 is 2.87 bits per heavy atom. The van der Waals surface area contributed by atoms with Crippen LogP contribution in [0.2, 0.25) is 5.02 Å². The van der Waals surface area contributed by atoms with E-state index in [1.165, 1.54) is 29.3 Å². The minimum Gasteiger partial charge on any atom is -0.331 e. The molecule has 0 saturated carbocycles. The first-order valence-corrected chi connectivity index (χ1v) is 7.10. The molecule has 0 aliphatic rings. The van der Waals surface area contributed by atoms with Gasteiger partial charge in [-0.25, -0.2) is 19.2 Å². The highest BCUT2D eigenvalue weighted by Gasteiger charge is 2.13. The summed E-state index contributed by atoms with van der Waals surface area (Å²) in [5.74, 6) is -0.0334. The highest BCUT2D eigenvalue weighted by Crippen LogP contribution is 2.26. The third-order valence-electron chi connectivity index (χ3n) is 3.18. The second-order valence-corrected chi connectivity index (χ2v) is 5.56. The van der Waals surface area contributed by atoms with E-state index in [9.17, 15) is 9.18 Å². The molecule has 3 rings (SSSR count). The number of carbonyl (C=O) groups excluding carboxylic acids is 1. The van der Waals surface area contributed by atoms with Gasteiger partial charge in [0.1, 0.15) is 5.82 Å². The lowest BCUT2D eigenvalue weighted by atomic mass is 10.1. The van der Waals surface area contributed by atoms with Crippen molar-refractivity contribution in [3.05, 3.63) is 47.6 Å². The predicted octanol–water partition coefficient (Wildman–Crippen LogP) is 3.28. The maximum atomic E-state index is 14.1. The van der Waals surface area contributed by atoms with Crippen molar-refractivity contribution in [2.24, 2.45) is 0 Å². The number of nitrogens with one attached hydrogen (secondary N) is 1. The van der Waals surface area contributed by atoms with Crippen LogP contribution in [-0.2, 0) is 0 Å². The van der Waals surface area contributed by atoms with Gasteiger partial charge in [0.25, 0.3) is 0 Å². The lowest BCUT2D eigenvalue weighted by Gasteiger charge is -2.12. The number of amides is 2. The third-order valence-corrected chi connectivity index (χ3v) is 3.37. The summed E-state index contributed by atoms with van der Waals surface area (Å²) >= 11 is 5.88. The summed E-state index contributed by atoms with van der Waals surface area (Å²) in [6, 6.07) is 4.00. The molecule has 0 radical (unpaired) electrons. The predicted molar refractivity (Wildman–Crippen MR) is 86.1 cm³/mol. The van der Waals surface area contributed by atoms with Crippen molar-refractivity contribution in [2.45, 2.75) is 0 Å². The van der Waals surface area contributed by atoms with Crippen LogP contribution in [0, 0.1) is 5.82 Å². The lowest BCUT2D eigenvalue weighted by molar-refractivity contribution is 0.230. The van der Waals surface area contributed by atoms with Gasteiger partial charge in [0.15, 0.2) is 0 Å². The number of anilines is 1. The maximum absolute atomic E-state index is 14.1. The molecule has 0 aliphatic heterocycles. The maximum Gasteiger partial charge on any atom is 0.321 e. The molecule has 8 heteroatoms. The quantitative estimate of drug-likeness (QED) is 0.782. The minimum absolute atomic E-state index is 0.267. The van der Waals surface area contributed by atoms with Crippen molar-refractivity contribution in [3.63, 3.8) is 0 Å². The molecular weight excluding hydrogens is 321 g/mol. The number of carbonyl (C=O) groups is 1. The van der Waals surface area contributed by atoms with E-state index in [4.69, 9.17) is 11.6 Å². The van der Waals surface area contributed by atoms with Gasteiger partial charge in [-0.3, -0.25) is 4.40 Å². The first-order valence-electron chi connectivity index (χ1n) is 6.72. The fourth-order valence-corrected chi connectivity index (χ4v) is 2.18. The Balaban J connectivity index is 2.01. The highest BCUT2D eigenvalue weighted by atomic mass is 35.5. The van der Waals surface area contributed by atoms with E-state index in [2.05, 4.69) is 15.3 Å². The van der Waals surface area contributed by atoms with Gasteiger partial charge in [-0.05, 0) is 18.2 Å². The Kier molecular flexibility index (Phi) is 3.87. The Morgan fingerprint density at radius 2 is 2.13 bits per heavy atom. The standard InChI is InChI=1S/C15H13ClFN5O/c1-21(2)15(23)19-10-3-4-12(17)11(5-10)13-8-22-7-9(16)6-18-14(22)20-13/h3-8H,1-2H3,(H,19,23). The molecule has 0 saturated heterocycles. The molecule has 2 amide bonds. The molecule has 3 aromatic rings. The first kappa shape index (κ1) is 15.2. The molecule has 118 valence electrons. The fourth-order valence-electron chi connectivity index (χ4n) is 2.02. The summed E-state index contributed by atoms with van der Waals surface area (Å²) in [6.45, 7) is 0. The number of urea groups is 1. The Morgan fingerprint density at radius 1 is 1.35 bits per heavy atom. The van der Waals surface area contributed by atoms with Crippen LogP contribution in [0.3, 0.4) is 0 Å². The average molecular weight is 334 g/mol. The second kappa shape index (κ2) is 5.85. The fraction of sp³-hybridized carbons (Fsp3) is 0.133. The van der Waals surface area contributed by atoms with Crippen LogP contribution >= 0.6 is 11.6 Å². The highest BCUT2D eigenvalue weighted by molar-refractivity contribution is 6.30. The zero-order chi connectivity index (χ0) is 16.6. The van der Waals surface area contributed by atoms with Crippen LogP contribution in [0.25, 0.3) is 17.0 Å². The number of halogens is 2. The monoisotopic (exact) mass is 333 g/mol. The molecule has 2 heterocycles. The number of nitrogens with zero attached hydrogens (tertiary/aromatic N) is 4. The Labute approximate surface area is 136 Å². The number of imidazole rings is 1. The van der Waals surface area contributed by atoms with E-state index in [-0.39, 0.29) is 11.6 Å². The van der Waals surface area contributed by atoms with Crippen molar-refractivity contribution in [2.75, 3.05) is 19.4 Å². The molecule has 6 nitrogen and oxygen atoms in total.